The molecule has 0 aromatic heterocycles. The Morgan fingerprint density at radius 3 is 2.95 bits per heavy atom. The Labute approximate surface area is 112 Å². The number of rotatable bonds is 5. The molecular weight excluding hydrogens is 240 g/mol. The molecule has 1 aliphatic heterocycles. The highest BCUT2D eigenvalue weighted by atomic mass is 16.1. The molecule has 1 aromatic rings. The normalized spacial score (nSPS) is 17.8. The van der Waals surface area contributed by atoms with E-state index in [1.54, 1.807) is 6.07 Å². The number of amidine groups is 1. The van der Waals surface area contributed by atoms with Gasteiger partial charge in [0.05, 0.1) is 24.3 Å². The number of amides is 1. The molecule has 100 valence electrons. The minimum Gasteiger partial charge on any atom is -0.377 e. The van der Waals surface area contributed by atoms with Gasteiger partial charge in [-0.25, -0.2) is 0 Å². The van der Waals surface area contributed by atoms with Gasteiger partial charge >= 0.3 is 0 Å². The lowest BCUT2D eigenvalue weighted by Gasteiger charge is -2.15. The largest absolute Gasteiger partial charge is 0.377 e. The highest BCUT2D eigenvalue weighted by molar-refractivity contribution is 6.00. The lowest BCUT2D eigenvalue weighted by Crippen LogP contribution is -2.27. The number of carbonyl (C=O) groups excluding carboxylic acids is 1. The lowest BCUT2D eigenvalue weighted by atomic mass is 10.0. The van der Waals surface area contributed by atoms with E-state index < -0.39 is 0 Å². The molecule has 2 aliphatic rings. The van der Waals surface area contributed by atoms with Gasteiger partial charge in [-0.05, 0) is 30.4 Å². The predicted octanol–water partition coefficient (Wildman–Crippen LogP) is 1.08. The zero-order valence-electron chi connectivity index (χ0n) is 10.8. The van der Waals surface area contributed by atoms with E-state index in [4.69, 9.17) is 5.73 Å². The van der Waals surface area contributed by atoms with Gasteiger partial charge in [0, 0.05) is 6.54 Å². The third-order valence-corrected chi connectivity index (χ3v) is 3.56. The molecule has 1 fully saturated rings. The van der Waals surface area contributed by atoms with Gasteiger partial charge in [-0.1, -0.05) is 12.1 Å². The van der Waals surface area contributed by atoms with Crippen molar-refractivity contribution in [2.75, 3.05) is 25.0 Å². The summed E-state index contributed by atoms with van der Waals surface area (Å²) in [5, 5.41) is 6.54. The minimum atomic E-state index is -0.383. The Kier molecular flexibility index (Phi) is 3.11. The molecule has 19 heavy (non-hydrogen) atoms. The van der Waals surface area contributed by atoms with Crippen LogP contribution in [0.25, 0.3) is 0 Å². The first-order valence-corrected chi connectivity index (χ1v) is 6.69. The molecule has 5 nitrogen and oxygen atoms in total. The van der Waals surface area contributed by atoms with E-state index >= 15 is 0 Å². The summed E-state index contributed by atoms with van der Waals surface area (Å²) in [6.45, 7) is 2.33. The van der Waals surface area contributed by atoms with Crippen molar-refractivity contribution in [3.63, 3.8) is 0 Å². The van der Waals surface area contributed by atoms with E-state index in [9.17, 15) is 4.79 Å². The van der Waals surface area contributed by atoms with Gasteiger partial charge in [-0.3, -0.25) is 9.79 Å². The number of primary amides is 1. The van der Waals surface area contributed by atoms with E-state index in [2.05, 4.69) is 21.7 Å². The predicted molar refractivity (Wildman–Crippen MR) is 75.7 cm³/mol. The van der Waals surface area contributed by atoms with E-state index in [0.717, 1.165) is 24.6 Å². The average molecular weight is 258 g/mol. The number of aliphatic imine (C=N–C) groups is 1. The molecule has 0 saturated heterocycles. The van der Waals surface area contributed by atoms with Crippen molar-refractivity contribution in [3.05, 3.63) is 29.3 Å². The fourth-order valence-electron chi connectivity index (χ4n) is 2.44. The molecule has 1 aromatic carbocycles. The molecule has 0 unspecified atom stereocenters. The van der Waals surface area contributed by atoms with Crippen LogP contribution in [0.4, 0.5) is 5.69 Å². The van der Waals surface area contributed by atoms with Crippen LogP contribution in [0.15, 0.2) is 23.2 Å². The first kappa shape index (κ1) is 12.0. The van der Waals surface area contributed by atoms with Crippen molar-refractivity contribution < 1.29 is 4.79 Å². The Balaban J connectivity index is 1.85. The smallest absolute Gasteiger partial charge is 0.250 e. The Morgan fingerprint density at radius 1 is 1.47 bits per heavy atom. The quantitative estimate of drug-likeness (QED) is 0.739. The SMILES string of the molecule is NC(=O)c1cccc(C2CC2)c1NCC1=NCCN1. The third-order valence-electron chi connectivity index (χ3n) is 3.56. The maximum Gasteiger partial charge on any atom is 0.250 e. The Hall–Kier alpha value is -2.04. The number of nitrogens with one attached hydrogen (secondary N) is 2. The molecule has 4 N–H and O–H groups in total. The fraction of sp³-hybridized carbons (Fsp3) is 0.429. The second-order valence-corrected chi connectivity index (χ2v) is 5.02. The van der Waals surface area contributed by atoms with E-state index in [1.807, 2.05) is 6.07 Å². The molecule has 1 amide bonds. The number of benzene rings is 1. The number of nitrogens with zero attached hydrogens (tertiary/aromatic N) is 1. The molecule has 1 heterocycles. The van der Waals surface area contributed by atoms with Gasteiger partial charge in [-0.2, -0.15) is 0 Å². The molecule has 0 atom stereocenters. The van der Waals surface area contributed by atoms with Crippen LogP contribution in [-0.2, 0) is 0 Å². The standard InChI is InChI=1S/C14H18N4O/c15-14(19)11-3-1-2-10(9-4-5-9)13(11)18-8-12-16-6-7-17-12/h1-3,9,18H,4-8H2,(H2,15,19)(H,16,17). The van der Waals surface area contributed by atoms with Crippen LogP contribution in [0.3, 0.4) is 0 Å². The highest BCUT2D eigenvalue weighted by Gasteiger charge is 2.28. The number of hydrogen-bond acceptors (Lipinski definition) is 4. The summed E-state index contributed by atoms with van der Waals surface area (Å²) in [5.41, 5.74) is 8.12. The highest BCUT2D eigenvalue weighted by Crippen LogP contribution is 2.44. The third kappa shape index (κ3) is 2.54. The topological polar surface area (TPSA) is 79.5 Å². The van der Waals surface area contributed by atoms with Crippen molar-refractivity contribution >= 4 is 17.4 Å². The van der Waals surface area contributed by atoms with Crippen LogP contribution in [-0.4, -0.2) is 31.4 Å². The number of nitrogens with two attached hydrogens (primary N) is 1. The summed E-state index contributed by atoms with van der Waals surface area (Å²) in [4.78, 5) is 15.9. The summed E-state index contributed by atoms with van der Waals surface area (Å²) in [6, 6.07) is 5.76. The van der Waals surface area contributed by atoms with Crippen LogP contribution in [0.1, 0.15) is 34.7 Å². The average Bonchev–Trinajstić information content (AvgIpc) is 3.12. The van der Waals surface area contributed by atoms with E-state index in [1.165, 1.54) is 18.4 Å². The maximum atomic E-state index is 11.5. The monoisotopic (exact) mass is 258 g/mol. The molecule has 1 saturated carbocycles. The fourth-order valence-corrected chi connectivity index (χ4v) is 2.44. The van der Waals surface area contributed by atoms with Gasteiger partial charge in [0.15, 0.2) is 0 Å². The molecule has 0 radical (unpaired) electrons. The first-order chi connectivity index (χ1) is 9.25. The van der Waals surface area contributed by atoms with E-state index in [0.29, 0.717) is 18.0 Å². The van der Waals surface area contributed by atoms with Crippen molar-refractivity contribution in [2.45, 2.75) is 18.8 Å². The van der Waals surface area contributed by atoms with Crippen LogP contribution < -0.4 is 16.4 Å². The second-order valence-electron chi connectivity index (χ2n) is 5.02. The summed E-state index contributed by atoms with van der Waals surface area (Å²) in [7, 11) is 0. The van der Waals surface area contributed by atoms with Gasteiger partial charge in [-0.15, -0.1) is 0 Å². The number of para-hydroxylation sites is 1. The zero-order valence-corrected chi connectivity index (χ0v) is 10.8. The van der Waals surface area contributed by atoms with Gasteiger partial charge in [0.2, 0.25) is 0 Å². The summed E-state index contributed by atoms with van der Waals surface area (Å²) >= 11 is 0. The Morgan fingerprint density at radius 2 is 2.32 bits per heavy atom. The summed E-state index contributed by atoms with van der Waals surface area (Å²) in [5.74, 6) is 1.13. The molecule has 5 heteroatoms. The van der Waals surface area contributed by atoms with Crippen LogP contribution >= 0.6 is 0 Å². The number of carbonyl (C=O) groups is 1. The molecule has 0 spiro atoms. The van der Waals surface area contributed by atoms with Gasteiger partial charge in [0.1, 0.15) is 5.84 Å². The number of hydrogen-bond donors (Lipinski definition) is 3. The van der Waals surface area contributed by atoms with Crippen molar-refractivity contribution in [1.82, 2.24) is 5.32 Å². The number of anilines is 1. The van der Waals surface area contributed by atoms with Crippen LogP contribution in [0, 0.1) is 0 Å². The lowest BCUT2D eigenvalue weighted by molar-refractivity contribution is 0.100. The Bertz CT molecular complexity index is 534. The van der Waals surface area contributed by atoms with Gasteiger partial charge < -0.3 is 16.4 Å². The summed E-state index contributed by atoms with van der Waals surface area (Å²) in [6.07, 6.45) is 2.38. The zero-order chi connectivity index (χ0) is 13.2. The molecule has 0 bridgehead atoms. The van der Waals surface area contributed by atoms with Gasteiger partial charge in [0.25, 0.3) is 5.91 Å². The van der Waals surface area contributed by atoms with Crippen molar-refractivity contribution in [1.29, 1.82) is 0 Å². The molecule has 3 rings (SSSR count). The first-order valence-electron chi connectivity index (χ1n) is 6.69. The maximum absolute atomic E-state index is 11.5. The van der Waals surface area contributed by atoms with Crippen molar-refractivity contribution in [3.8, 4) is 0 Å². The van der Waals surface area contributed by atoms with E-state index in [-0.39, 0.29) is 5.91 Å². The van der Waals surface area contributed by atoms with Crippen molar-refractivity contribution in [2.24, 2.45) is 10.7 Å². The van der Waals surface area contributed by atoms with Crippen LogP contribution in [0.2, 0.25) is 0 Å². The second kappa shape index (κ2) is 4.91. The van der Waals surface area contributed by atoms with Crippen LogP contribution in [0.5, 0.6) is 0 Å². The minimum absolute atomic E-state index is 0.383. The molecular formula is C14H18N4O. The summed E-state index contributed by atoms with van der Waals surface area (Å²) < 4.78 is 0. The molecule has 1 aliphatic carbocycles.